The second kappa shape index (κ2) is 3.09. The minimum Gasteiger partial charge on any atom is -0.393 e. The molecule has 1 aromatic heterocycles. The summed E-state index contributed by atoms with van der Waals surface area (Å²) in [6.45, 7) is 0.605. The molecule has 1 fully saturated rings. The smallest absolute Gasteiger partial charge is 0.0558 e. The molecule has 3 heteroatoms. The van der Waals surface area contributed by atoms with Gasteiger partial charge in [-0.25, -0.2) is 0 Å². The summed E-state index contributed by atoms with van der Waals surface area (Å²) in [5.41, 5.74) is 6.95. The number of hydrogen-bond acceptors (Lipinski definition) is 3. The molecule has 0 saturated heterocycles. The van der Waals surface area contributed by atoms with E-state index in [-0.39, 0.29) is 11.5 Å². The van der Waals surface area contributed by atoms with Crippen LogP contribution < -0.4 is 5.73 Å². The lowest BCUT2D eigenvalue weighted by molar-refractivity contribution is 0.0221. The standard InChI is InChI=1S/C10H14N2O/c11-7-10(5-9(13)6-10)8-1-3-12-4-2-8/h1-4,9,13H,5-7,11H2. The Hall–Kier alpha value is -0.930. The van der Waals surface area contributed by atoms with Crippen molar-refractivity contribution >= 4 is 0 Å². The lowest BCUT2D eigenvalue weighted by Crippen LogP contribution is -2.49. The first-order valence-corrected chi connectivity index (χ1v) is 4.55. The van der Waals surface area contributed by atoms with E-state index in [9.17, 15) is 5.11 Å². The molecule has 3 nitrogen and oxygen atoms in total. The van der Waals surface area contributed by atoms with E-state index < -0.39 is 0 Å². The maximum atomic E-state index is 9.30. The highest BCUT2D eigenvalue weighted by Gasteiger charge is 2.43. The minimum absolute atomic E-state index is 0.0162. The number of nitrogens with zero attached hydrogens (tertiary/aromatic N) is 1. The van der Waals surface area contributed by atoms with Crippen molar-refractivity contribution in [3.63, 3.8) is 0 Å². The van der Waals surface area contributed by atoms with Crippen LogP contribution >= 0.6 is 0 Å². The van der Waals surface area contributed by atoms with E-state index in [0.717, 1.165) is 12.8 Å². The first-order valence-electron chi connectivity index (χ1n) is 4.55. The van der Waals surface area contributed by atoms with Crippen molar-refractivity contribution in [1.29, 1.82) is 0 Å². The topological polar surface area (TPSA) is 59.1 Å². The highest BCUT2D eigenvalue weighted by molar-refractivity contribution is 5.27. The minimum atomic E-state index is -0.170. The summed E-state index contributed by atoms with van der Waals surface area (Å²) in [5.74, 6) is 0. The summed E-state index contributed by atoms with van der Waals surface area (Å²) in [4.78, 5) is 3.97. The molecule has 1 aliphatic rings. The Bertz CT molecular complexity index is 280. The van der Waals surface area contributed by atoms with E-state index in [0.29, 0.717) is 6.54 Å². The summed E-state index contributed by atoms with van der Waals surface area (Å²) in [6.07, 6.45) is 4.95. The summed E-state index contributed by atoms with van der Waals surface area (Å²) in [5, 5.41) is 9.30. The highest BCUT2D eigenvalue weighted by Crippen LogP contribution is 2.42. The maximum Gasteiger partial charge on any atom is 0.0558 e. The van der Waals surface area contributed by atoms with Gasteiger partial charge in [0, 0.05) is 24.4 Å². The summed E-state index contributed by atoms with van der Waals surface area (Å²) < 4.78 is 0. The molecule has 0 atom stereocenters. The summed E-state index contributed by atoms with van der Waals surface area (Å²) >= 11 is 0. The summed E-state index contributed by atoms with van der Waals surface area (Å²) in [6, 6.07) is 3.97. The third-order valence-corrected chi connectivity index (χ3v) is 2.94. The van der Waals surface area contributed by atoms with Gasteiger partial charge in [-0.05, 0) is 30.5 Å². The van der Waals surface area contributed by atoms with Crippen molar-refractivity contribution in [2.45, 2.75) is 24.4 Å². The van der Waals surface area contributed by atoms with Gasteiger partial charge in [-0.2, -0.15) is 0 Å². The van der Waals surface area contributed by atoms with Crippen LogP contribution in [0.3, 0.4) is 0 Å². The molecule has 0 amide bonds. The zero-order chi connectivity index (χ0) is 9.31. The Morgan fingerprint density at radius 3 is 2.54 bits per heavy atom. The van der Waals surface area contributed by atoms with Gasteiger partial charge in [0.15, 0.2) is 0 Å². The molecule has 0 aromatic carbocycles. The number of pyridine rings is 1. The van der Waals surface area contributed by atoms with E-state index in [4.69, 9.17) is 5.73 Å². The average molecular weight is 178 g/mol. The summed E-state index contributed by atoms with van der Waals surface area (Å²) in [7, 11) is 0. The normalized spacial score (nSPS) is 32.6. The number of nitrogens with two attached hydrogens (primary N) is 1. The van der Waals surface area contributed by atoms with Gasteiger partial charge < -0.3 is 10.8 Å². The zero-order valence-corrected chi connectivity index (χ0v) is 7.48. The molecule has 1 heterocycles. The van der Waals surface area contributed by atoms with Gasteiger partial charge in [0.2, 0.25) is 0 Å². The van der Waals surface area contributed by atoms with Gasteiger partial charge in [0.05, 0.1) is 6.10 Å². The van der Waals surface area contributed by atoms with Crippen molar-refractivity contribution < 1.29 is 5.11 Å². The van der Waals surface area contributed by atoms with E-state index in [2.05, 4.69) is 4.98 Å². The van der Waals surface area contributed by atoms with E-state index in [1.54, 1.807) is 12.4 Å². The molecule has 1 saturated carbocycles. The van der Waals surface area contributed by atoms with Gasteiger partial charge in [-0.15, -0.1) is 0 Å². The molecule has 0 spiro atoms. The van der Waals surface area contributed by atoms with Crippen LogP contribution in [0, 0.1) is 0 Å². The number of aromatic nitrogens is 1. The second-order valence-corrected chi connectivity index (χ2v) is 3.78. The first-order chi connectivity index (χ1) is 6.27. The number of aliphatic hydroxyl groups is 1. The molecule has 13 heavy (non-hydrogen) atoms. The largest absolute Gasteiger partial charge is 0.393 e. The molecule has 1 aliphatic carbocycles. The van der Waals surface area contributed by atoms with Gasteiger partial charge in [-0.3, -0.25) is 4.98 Å². The third kappa shape index (κ3) is 1.34. The SMILES string of the molecule is NCC1(c2ccncc2)CC(O)C1. The Labute approximate surface area is 77.6 Å². The van der Waals surface area contributed by atoms with Crippen LogP contribution in [-0.2, 0) is 5.41 Å². The highest BCUT2D eigenvalue weighted by atomic mass is 16.3. The quantitative estimate of drug-likeness (QED) is 0.690. The molecule has 0 unspecified atom stereocenters. The van der Waals surface area contributed by atoms with Gasteiger partial charge >= 0.3 is 0 Å². The van der Waals surface area contributed by atoms with Crippen LogP contribution in [0.1, 0.15) is 18.4 Å². The molecule has 0 bridgehead atoms. The maximum absolute atomic E-state index is 9.30. The van der Waals surface area contributed by atoms with Crippen molar-refractivity contribution in [2.75, 3.05) is 6.54 Å². The monoisotopic (exact) mass is 178 g/mol. The number of rotatable bonds is 2. The predicted molar refractivity (Wildman–Crippen MR) is 50.2 cm³/mol. The van der Waals surface area contributed by atoms with Crippen molar-refractivity contribution in [3.8, 4) is 0 Å². The van der Waals surface area contributed by atoms with Crippen LogP contribution in [0.25, 0.3) is 0 Å². The van der Waals surface area contributed by atoms with Crippen molar-refractivity contribution in [2.24, 2.45) is 5.73 Å². The van der Waals surface area contributed by atoms with Crippen LogP contribution in [0.5, 0.6) is 0 Å². The van der Waals surface area contributed by atoms with Crippen molar-refractivity contribution in [3.05, 3.63) is 30.1 Å². The molecule has 3 N–H and O–H groups in total. The fourth-order valence-electron chi connectivity index (χ4n) is 2.07. The molecule has 70 valence electrons. The molecule has 0 aliphatic heterocycles. The molecular weight excluding hydrogens is 164 g/mol. The lowest BCUT2D eigenvalue weighted by atomic mass is 9.63. The molecular formula is C10H14N2O. The fourth-order valence-corrected chi connectivity index (χ4v) is 2.07. The predicted octanol–water partition coefficient (Wildman–Crippen LogP) is 0.433. The lowest BCUT2D eigenvalue weighted by Gasteiger charge is -2.45. The molecule has 0 radical (unpaired) electrons. The van der Waals surface area contributed by atoms with E-state index >= 15 is 0 Å². The fraction of sp³-hybridized carbons (Fsp3) is 0.500. The van der Waals surface area contributed by atoms with Crippen LogP contribution in [0.2, 0.25) is 0 Å². The van der Waals surface area contributed by atoms with Gasteiger partial charge in [0.1, 0.15) is 0 Å². The van der Waals surface area contributed by atoms with Gasteiger partial charge in [0.25, 0.3) is 0 Å². The Balaban J connectivity index is 2.24. The van der Waals surface area contributed by atoms with Gasteiger partial charge in [-0.1, -0.05) is 0 Å². The third-order valence-electron chi connectivity index (χ3n) is 2.94. The average Bonchev–Trinajstić information content (AvgIpc) is 2.14. The Morgan fingerprint density at radius 2 is 2.08 bits per heavy atom. The van der Waals surface area contributed by atoms with Crippen LogP contribution in [0.4, 0.5) is 0 Å². The van der Waals surface area contributed by atoms with Crippen molar-refractivity contribution in [1.82, 2.24) is 4.98 Å². The Kier molecular flexibility index (Phi) is 2.06. The van der Waals surface area contributed by atoms with E-state index in [1.807, 2.05) is 12.1 Å². The van der Waals surface area contributed by atoms with E-state index in [1.165, 1.54) is 5.56 Å². The second-order valence-electron chi connectivity index (χ2n) is 3.78. The Morgan fingerprint density at radius 1 is 1.46 bits per heavy atom. The molecule has 2 rings (SSSR count). The zero-order valence-electron chi connectivity index (χ0n) is 7.48. The molecule has 1 aromatic rings. The number of aliphatic hydroxyl groups excluding tert-OH is 1. The first kappa shape index (κ1) is 8.66. The van der Waals surface area contributed by atoms with Crippen LogP contribution in [-0.4, -0.2) is 22.7 Å². The van der Waals surface area contributed by atoms with Crippen LogP contribution in [0.15, 0.2) is 24.5 Å². The number of hydrogen-bond donors (Lipinski definition) is 2.